The zero-order valence-electron chi connectivity index (χ0n) is 17.6. The van der Waals surface area contributed by atoms with E-state index < -0.39 is 10.0 Å². The molecule has 1 fully saturated rings. The molecule has 1 heterocycles. The first kappa shape index (κ1) is 22.5. The van der Waals surface area contributed by atoms with E-state index in [-0.39, 0.29) is 4.34 Å². The summed E-state index contributed by atoms with van der Waals surface area (Å²) in [4.78, 5) is 4.28. The van der Waals surface area contributed by atoms with Crippen LogP contribution in [0, 0.1) is 5.92 Å². The van der Waals surface area contributed by atoms with E-state index in [0.717, 1.165) is 27.5 Å². The van der Waals surface area contributed by atoms with Crippen molar-refractivity contribution in [1.82, 2.24) is 10.3 Å². The minimum absolute atomic E-state index is 0.0400. The van der Waals surface area contributed by atoms with Crippen molar-refractivity contribution < 1.29 is 8.42 Å². The van der Waals surface area contributed by atoms with E-state index in [0.29, 0.717) is 28.8 Å². The molecule has 3 aromatic rings. The summed E-state index contributed by atoms with van der Waals surface area (Å²) in [7, 11) is -3.79. The topological polar surface area (TPSA) is 71.1 Å². The zero-order chi connectivity index (χ0) is 21.8. The first-order valence-electron chi connectivity index (χ1n) is 10.8. The van der Waals surface area contributed by atoms with Crippen molar-refractivity contribution in [3.63, 3.8) is 0 Å². The van der Waals surface area contributed by atoms with Gasteiger partial charge >= 0.3 is 0 Å². The molecule has 2 aromatic carbocycles. The molecule has 1 unspecified atom stereocenters. The quantitative estimate of drug-likeness (QED) is 0.405. The van der Waals surface area contributed by atoms with E-state index in [1.165, 1.54) is 38.5 Å². The number of thiazole rings is 1. The third-order valence-corrected chi connectivity index (χ3v) is 8.89. The highest BCUT2D eigenvalue weighted by atomic mass is 35.5. The Morgan fingerprint density at radius 3 is 2.74 bits per heavy atom. The summed E-state index contributed by atoms with van der Waals surface area (Å²) >= 11 is 7.15. The summed E-state index contributed by atoms with van der Waals surface area (Å²) in [5.41, 5.74) is 2.09. The third-order valence-electron chi connectivity index (χ3n) is 5.87. The SMILES string of the molecule is CC(CC1CCCCC1)NCc1ccccc1NS(=O)(=O)c1nc2cc(Cl)ccc2s1. The Bertz CT molecular complexity index is 1140. The average Bonchev–Trinajstić information content (AvgIpc) is 3.18. The maximum atomic E-state index is 13.0. The lowest BCUT2D eigenvalue weighted by Gasteiger charge is -2.25. The molecule has 166 valence electrons. The molecular weight excluding hydrogens is 450 g/mol. The van der Waals surface area contributed by atoms with E-state index in [9.17, 15) is 8.42 Å². The van der Waals surface area contributed by atoms with E-state index in [2.05, 4.69) is 21.9 Å². The molecule has 1 aliphatic carbocycles. The van der Waals surface area contributed by atoms with Gasteiger partial charge in [0.25, 0.3) is 10.0 Å². The van der Waals surface area contributed by atoms with E-state index >= 15 is 0 Å². The van der Waals surface area contributed by atoms with Crippen LogP contribution in [0.3, 0.4) is 0 Å². The molecule has 2 N–H and O–H groups in total. The average molecular weight is 478 g/mol. The summed E-state index contributed by atoms with van der Waals surface area (Å²) in [5.74, 6) is 0.803. The zero-order valence-corrected chi connectivity index (χ0v) is 20.0. The van der Waals surface area contributed by atoms with Gasteiger partial charge in [-0.05, 0) is 49.1 Å². The standard InChI is InChI=1S/C23H28ClN3O2S2/c1-16(13-17-7-3-2-4-8-17)25-15-18-9-5-6-10-20(18)27-31(28,29)23-26-21-14-19(24)11-12-22(21)30-23/h5-6,9-12,14,16-17,25,27H,2-4,7-8,13,15H2,1H3. The van der Waals surface area contributed by atoms with Crippen molar-refractivity contribution >= 4 is 48.9 Å². The summed E-state index contributed by atoms with van der Waals surface area (Å²) in [6, 6.07) is 13.1. The molecule has 0 spiro atoms. The van der Waals surface area contributed by atoms with Gasteiger partial charge in [-0.15, -0.1) is 11.3 Å². The van der Waals surface area contributed by atoms with Gasteiger partial charge in [0.2, 0.25) is 4.34 Å². The molecule has 5 nitrogen and oxygen atoms in total. The van der Waals surface area contributed by atoms with Gasteiger partial charge in [-0.1, -0.05) is 61.9 Å². The van der Waals surface area contributed by atoms with Crippen LogP contribution in [0.5, 0.6) is 0 Å². The highest BCUT2D eigenvalue weighted by Crippen LogP contribution is 2.30. The van der Waals surface area contributed by atoms with Crippen LogP contribution in [0.15, 0.2) is 46.8 Å². The normalized spacial score (nSPS) is 16.5. The van der Waals surface area contributed by atoms with Crippen molar-refractivity contribution in [3.05, 3.63) is 53.1 Å². The van der Waals surface area contributed by atoms with Crippen molar-refractivity contribution in [1.29, 1.82) is 0 Å². The fraction of sp³-hybridized carbons (Fsp3) is 0.435. The molecule has 1 saturated carbocycles. The molecule has 1 atom stereocenters. The van der Waals surface area contributed by atoms with E-state index in [1.54, 1.807) is 24.3 Å². The Kier molecular flexibility index (Phi) is 7.16. The van der Waals surface area contributed by atoms with Crippen molar-refractivity contribution in [2.75, 3.05) is 4.72 Å². The Morgan fingerprint density at radius 2 is 1.94 bits per heavy atom. The van der Waals surface area contributed by atoms with Gasteiger partial charge < -0.3 is 5.32 Å². The van der Waals surface area contributed by atoms with E-state index in [1.807, 2.05) is 18.2 Å². The van der Waals surface area contributed by atoms with Crippen molar-refractivity contribution in [3.8, 4) is 0 Å². The number of benzene rings is 2. The summed E-state index contributed by atoms with van der Waals surface area (Å²) < 4.78 is 29.5. The first-order valence-corrected chi connectivity index (χ1v) is 13.5. The van der Waals surface area contributed by atoms with Crippen LogP contribution in [-0.4, -0.2) is 19.4 Å². The number of rotatable bonds is 8. The highest BCUT2D eigenvalue weighted by molar-refractivity contribution is 7.94. The van der Waals surface area contributed by atoms with Gasteiger partial charge in [-0.3, -0.25) is 4.72 Å². The monoisotopic (exact) mass is 477 g/mol. The van der Waals surface area contributed by atoms with Gasteiger partial charge in [-0.25, -0.2) is 4.98 Å². The fourth-order valence-corrected chi connectivity index (χ4v) is 6.72. The summed E-state index contributed by atoms with van der Waals surface area (Å²) in [6.45, 7) is 2.83. The molecule has 0 aliphatic heterocycles. The highest BCUT2D eigenvalue weighted by Gasteiger charge is 2.21. The molecule has 1 aromatic heterocycles. The van der Waals surface area contributed by atoms with Crippen LogP contribution in [0.25, 0.3) is 10.2 Å². The lowest BCUT2D eigenvalue weighted by atomic mass is 9.85. The Hall–Kier alpha value is -1.67. The largest absolute Gasteiger partial charge is 0.310 e. The van der Waals surface area contributed by atoms with Crippen LogP contribution in [0.1, 0.15) is 51.0 Å². The lowest BCUT2D eigenvalue weighted by Crippen LogP contribution is -2.29. The van der Waals surface area contributed by atoms with Crippen LogP contribution < -0.4 is 10.0 Å². The Labute approximate surface area is 193 Å². The van der Waals surface area contributed by atoms with Crippen LogP contribution in [0.4, 0.5) is 5.69 Å². The number of aromatic nitrogens is 1. The molecule has 0 saturated heterocycles. The number of hydrogen-bond donors (Lipinski definition) is 2. The lowest BCUT2D eigenvalue weighted by molar-refractivity contribution is 0.305. The number of sulfonamides is 1. The van der Waals surface area contributed by atoms with Gasteiger partial charge in [-0.2, -0.15) is 8.42 Å². The number of anilines is 1. The maximum absolute atomic E-state index is 13.0. The smallest absolute Gasteiger partial charge is 0.289 e. The molecule has 31 heavy (non-hydrogen) atoms. The molecule has 8 heteroatoms. The molecule has 4 rings (SSSR count). The number of para-hydroxylation sites is 1. The summed E-state index contributed by atoms with van der Waals surface area (Å²) in [5, 5.41) is 4.11. The molecule has 1 aliphatic rings. The third kappa shape index (κ3) is 5.77. The minimum Gasteiger partial charge on any atom is -0.310 e. The number of nitrogens with one attached hydrogen (secondary N) is 2. The second kappa shape index (κ2) is 9.86. The second-order valence-electron chi connectivity index (χ2n) is 8.38. The second-order valence-corrected chi connectivity index (χ2v) is 11.7. The molecule has 0 amide bonds. The van der Waals surface area contributed by atoms with Gasteiger partial charge in [0.15, 0.2) is 0 Å². The van der Waals surface area contributed by atoms with E-state index in [4.69, 9.17) is 11.6 Å². The molecule has 0 bridgehead atoms. The Morgan fingerprint density at radius 1 is 1.16 bits per heavy atom. The number of halogens is 1. The molecule has 0 radical (unpaired) electrons. The first-order chi connectivity index (χ1) is 14.9. The predicted octanol–water partition coefficient (Wildman–Crippen LogP) is 6.20. The van der Waals surface area contributed by atoms with Crippen LogP contribution >= 0.6 is 22.9 Å². The van der Waals surface area contributed by atoms with Gasteiger partial charge in [0.05, 0.1) is 15.9 Å². The van der Waals surface area contributed by atoms with Gasteiger partial charge in [0.1, 0.15) is 0 Å². The van der Waals surface area contributed by atoms with Crippen molar-refractivity contribution in [2.45, 2.75) is 62.4 Å². The van der Waals surface area contributed by atoms with Crippen LogP contribution in [0.2, 0.25) is 5.02 Å². The van der Waals surface area contributed by atoms with Gasteiger partial charge in [0, 0.05) is 17.6 Å². The minimum atomic E-state index is -3.79. The number of fused-ring (bicyclic) bond motifs is 1. The summed E-state index contributed by atoms with van der Waals surface area (Å²) in [6.07, 6.45) is 7.89. The maximum Gasteiger partial charge on any atom is 0.289 e. The fourth-order valence-electron chi connectivity index (χ4n) is 4.25. The predicted molar refractivity (Wildman–Crippen MR) is 129 cm³/mol. The Balaban J connectivity index is 1.44. The number of hydrogen-bond acceptors (Lipinski definition) is 5. The van der Waals surface area contributed by atoms with Crippen LogP contribution in [-0.2, 0) is 16.6 Å². The van der Waals surface area contributed by atoms with Crippen molar-refractivity contribution in [2.24, 2.45) is 5.92 Å². The molecular formula is C23H28ClN3O2S2. The number of nitrogens with zero attached hydrogens (tertiary/aromatic N) is 1.